The number of amides is 1. The van der Waals surface area contributed by atoms with E-state index in [2.05, 4.69) is 0 Å². The van der Waals surface area contributed by atoms with Gasteiger partial charge in [0.25, 0.3) is 5.91 Å². The number of hydrogen-bond donors (Lipinski definition) is 1. The number of nitrogen functional groups attached to an aromatic ring is 1. The molecule has 0 aliphatic carbocycles. The van der Waals surface area contributed by atoms with Crippen LogP contribution in [0.15, 0.2) is 18.2 Å². The van der Waals surface area contributed by atoms with Crippen LogP contribution in [0.1, 0.15) is 29.8 Å². The second-order valence-corrected chi connectivity index (χ2v) is 4.88. The molecule has 0 unspecified atom stereocenters. The van der Waals surface area contributed by atoms with Crippen molar-refractivity contribution in [1.29, 1.82) is 5.26 Å². The Labute approximate surface area is 112 Å². The van der Waals surface area contributed by atoms with Crippen LogP contribution in [0.5, 0.6) is 0 Å². The Bertz CT molecular complexity index is 526. The van der Waals surface area contributed by atoms with Gasteiger partial charge in [0.2, 0.25) is 0 Å². The average molecular weight is 259 g/mol. The number of nitriles is 1. The molecule has 1 aromatic carbocycles. The molecule has 1 aromatic rings. The van der Waals surface area contributed by atoms with Crippen molar-refractivity contribution in [3.63, 3.8) is 0 Å². The Morgan fingerprint density at radius 1 is 1.42 bits per heavy atom. The first-order chi connectivity index (χ1) is 9.01. The van der Waals surface area contributed by atoms with Crippen LogP contribution in [0.3, 0.4) is 0 Å². The Kier molecular flexibility index (Phi) is 3.72. The van der Waals surface area contributed by atoms with Crippen molar-refractivity contribution < 1.29 is 9.53 Å². The van der Waals surface area contributed by atoms with Crippen LogP contribution in [0, 0.1) is 11.3 Å². The van der Waals surface area contributed by atoms with Crippen LogP contribution >= 0.6 is 0 Å². The summed E-state index contributed by atoms with van der Waals surface area (Å²) in [6, 6.07) is 6.79. The lowest BCUT2D eigenvalue weighted by Gasteiger charge is -2.35. The molecule has 0 aromatic heterocycles. The minimum atomic E-state index is -0.0847. The second kappa shape index (κ2) is 5.29. The van der Waals surface area contributed by atoms with Crippen molar-refractivity contribution >= 4 is 11.6 Å². The molecule has 19 heavy (non-hydrogen) atoms. The maximum atomic E-state index is 12.4. The van der Waals surface area contributed by atoms with Crippen molar-refractivity contribution in [1.82, 2.24) is 4.90 Å². The fourth-order valence-electron chi connectivity index (χ4n) is 2.31. The number of benzene rings is 1. The largest absolute Gasteiger partial charge is 0.398 e. The van der Waals surface area contributed by atoms with E-state index < -0.39 is 0 Å². The number of carbonyl (C=O) groups excluding carboxylic acids is 1. The van der Waals surface area contributed by atoms with Crippen molar-refractivity contribution in [2.45, 2.75) is 26.1 Å². The summed E-state index contributed by atoms with van der Waals surface area (Å²) in [6.45, 7) is 5.02. The van der Waals surface area contributed by atoms with E-state index in [4.69, 9.17) is 15.7 Å². The molecule has 1 saturated heterocycles. The van der Waals surface area contributed by atoms with Crippen LogP contribution in [0.25, 0.3) is 0 Å². The number of carbonyl (C=O) groups is 1. The molecule has 1 aliphatic heterocycles. The molecular weight excluding hydrogens is 242 g/mol. The summed E-state index contributed by atoms with van der Waals surface area (Å²) in [5.74, 6) is -0.0847. The van der Waals surface area contributed by atoms with Gasteiger partial charge in [-0.1, -0.05) is 0 Å². The van der Waals surface area contributed by atoms with E-state index in [0.717, 1.165) is 0 Å². The molecule has 0 spiro atoms. The highest BCUT2D eigenvalue weighted by molar-refractivity contribution is 5.95. The predicted molar refractivity (Wildman–Crippen MR) is 71.5 cm³/mol. The summed E-state index contributed by atoms with van der Waals surface area (Å²) in [5.41, 5.74) is 6.87. The summed E-state index contributed by atoms with van der Waals surface area (Å²) in [7, 11) is 0. The third kappa shape index (κ3) is 2.85. The summed E-state index contributed by atoms with van der Waals surface area (Å²) in [4.78, 5) is 14.1. The molecule has 2 rings (SSSR count). The molecule has 0 radical (unpaired) electrons. The number of morpholine rings is 1. The van der Waals surface area contributed by atoms with Crippen LogP contribution in [-0.2, 0) is 4.74 Å². The summed E-state index contributed by atoms with van der Waals surface area (Å²) in [5, 5.41) is 8.94. The summed E-state index contributed by atoms with van der Waals surface area (Å²) >= 11 is 0. The number of hydrogen-bond acceptors (Lipinski definition) is 4. The summed E-state index contributed by atoms with van der Waals surface area (Å²) in [6.07, 6.45) is 0.0498. The van der Waals surface area contributed by atoms with Crippen molar-refractivity contribution in [2.24, 2.45) is 0 Å². The molecule has 5 nitrogen and oxygen atoms in total. The lowest BCUT2D eigenvalue weighted by molar-refractivity contribution is -0.0586. The predicted octanol–water partition coefficient (Wildman–Crippen LogP) is 1.39. The Hall–Kier alpha value is -2.06. The van der Waals surface area contributed by atoms with Gasteiger partial charge in [-0.05, 0) is 32.0 Å². The van der Waals surface area contributed by atoms with Gasteiger partial charge in [0, 0.05) is 24.3 Å². The monoisotopic (exact) mass is 259 g/mol. The average Bonchev–Trinajstić information content (AvgIpc) is 2.37. The van der Waals surface area contributed by atoms with E-state index in [9.17, 15) is 4.79 Å². The Balaban J connectivity index is 2.22. The van der Waals surface area contributed by atoms with E-state index in [1.807, 2.05) is 19.9 Å². The number of rotatable bonds is 1. The molecule has 1 fully saturated rings. The zero-order chi connectivity index (χ0) is 14.0. The van der Waals surface area contributed by atoms with Gasteiger partial charge in [0.1, 0.15) is 6.07 Å². The molecule has 1 amide bonds. The van der Waals surface area contributed by atoms with Gasteiger partial charge in [-0.25, -0.2) is 0 Å². The first-order valence-corrected chi connectivity index (χ1v) is 6.25. The highest BCUT2D eigenvalue weighted by atomic mass is 16.5. The van der Waals surface area contributed by atoms with Gasteiger partial charge in [0.15, 0.2) is 0 Å². The number of anilines is 1. The lowest BCUT2D eigenvalue weighted by Crippen LogP contribution is -2.48. The standard InChI is InChI=1S/C14H17N3O2/c1-9-7-17(8-10(2)19-9)14(18)11-3-4-13(16)12(5-11)6-15/h3-5,9-10H,7-8,16H2,1-2H3/t9-,10+. The highest BCUT2D eigenvalue weighted by Crippen LogP contribution is 2.17. The normalized spacial score (nSPS) is 22.9. The van der Waals surface area contributed by atoms with E-state index in [1.165, 1.54) is 0 Å². The van der Waals surface area contributed by atoms with E-state index in [1.54, 1.807) is 23.1 Å². The second-order valence-electron chi connectivity index (χ2n) is 4.88. The highest BCUT2D eigenvalue weighted by Gasteiger charge is 2.26. The smallest absolute Gasteiger partial charge is 0.254 e. The molecule has 0 saturated carbocycles. The molecule has 1 aliphatic rings. The van der Waals surface area contributed by atoms with Gasteiger partial charge < -0.3 is 15.4 Å². The molecule has 5 heteroatoms. The molecular formula is C14H17N3O2. The first-order valence-electron chi connectivity index (χ1n) is 6.25. The van der Waals surface area contributed by atoms with Gasteiger partial charge in [0.05, 0.1) is 17.8 Å². The van der Waals surface area contributed by atoms with E-state index in [0.29, 0.717) is 29.9 Å². The molecule has 0 bridgehead atoms. The van der Waals surface area contributed by atoms with E-state index in [-0.39, 0.29) is 18.1 Å². The minimum Gasteiger partial charge on any atom is -0.398 e. The quantitative estimate of drug-likeness (QED) is 0.773. The van der Waals surface area contributed by atoms with Crippen molar-refractivity contribution in [3.8, 4) is 6.07 Å². The topological polar surface area (TPSA) is 79.4 Å². The fourth-order valence-corrected chi connectivity index (χ4v) is 2.31. The molecule has 1 heterocycles. The third-order valence-corrected chi connectivity index (χ3v) is 3.13. The third-order valence-electron chi connectivity index (χ3n) is 3.13. The number of nitrogens with two attached hydrogens (primary N) is 1. The Morgan fingerprint density at radius 2 is 2.05 bits per heavy atom. The van der Waals surface area contributed by atoms with Gasteiger partial charge >= 0.3 is 0 Å². The number of ether oxygens (including phenoxy) is 1. The van der Waals surface area contributed by atoms with Gasteiger partial charge in [-0.15, -0.1) is 0 Å². The SMILES string of the molecule is C[C@@H]1CN(C(=O)c2ccc(N)c(C#N)c2)C[C@H](C)O1. The molecule has 2 atom stereocenters. The zero-order valence-corrected chi connectivity index (χ0v) is 11.1. The Morgan fingerprint density at radius 3 is 2.63 bits per heavy atom. The van der Waals surface area contributed by atoms with Crippen molar-refractivity contribution in [2.75, 3.05) is 18.8 Å². The van der Waals surface area contributed by atoms with Crippen molar-refractivity contribution in [3.05, 3.63) is 29.3 Å². The first kappa shape index (κ1) is 13.4. The lowest BCUT2D eigenvalue weighted by atomic mass is 10.1. The molecule has 2 N–H and O–H groups in total. The maximum absolute atomic E-state index is 12.4. The van der Waals surface area contributed by atoms with Crippen LogP contribution in [0.4, 0.5) is 5.69 Å². The maximum Gasteiger partial charge on any atom is 0.254 e. The van der Waals surface area contributed by atoms with E-state index >= 15 is 0 Å². The van der Waals surface area contributed by atoms with Crippen LogP contribution < -0.4 is 5.73 Å². The van der Waals surface area contributed by atoms with Crippen LogP contribution in [-0.4, -0.2) is 36.1 Å². The number of nitrogens with zero attached hydrogens (tertiary/aromatic N) is 2. The molecule has 100 valence electrons. The van der Waals surface area contributed by atoms with Gasteiger partial charge in [-0.3, -0.25) is 4.79 Å². The summed E-state index contributed by atoms with van der Waals surface area (Å²) < 4.78 is 5.60. The minimum absolute atomic E-state index is 0.0249. The van der Waals surface area contributed by atoms with Gasteiger partial charge in [-0.2, -0.15) is 5.26 Å². The van der Waals surface area contributed by atoms with Crippen LogP contribution in [0.2, 0.25) is 0 Å². The zero-order valence-electron chi connectivity index (χ0n) is 11.1. The fraction of sp³-hybridized carbons (Fsp3) is 0.429.